The number of nitrogens with zero attached hydrogens (tertiary/aromatic N) is 1. The van der Waals surface area contributed by atoms with Gasteiger partial charge in [0.2, 0.25) is 0 Å². The van der Waals surface area contributed by atoms with Gasteiger partial charge in [0, 0.05) is 21.1 Å². The number of aryl methyl sites for hydroxylation is 1. The van der Waals surface area contributed by atoms with E-state index in [4.69, 9.17) is 5.73 Å². The van der Waals surface area contributed by atoms with E-state index in [1.54, 1.807) is 6.92 Å². The van der Waals surface area contributed by atoms with Crippen molar-refractivity contribution in [2.24, 2.45) is 5.73 Å². The molecule has 5 heteroatoms. The second-order valence-corrected chi connectivity index (χ2v) is 1.69. The maximum atomic E-state index is 10.4. The zero-order chi connectivity index (χ0) is 6.85. The van der Waals surface area contributed by atoms with Crippen LogP contribution in [-0.2, 0) is 21.1 Å². The number of H-pyrrole nitrogens is 1. The summed E-state index contributed by atoms with van der Waals surface area (Å²) in [5.41, 5.74) is 5.83. The van der Waals surface area contributed by atoms with Crippen molar-refractivity contribution in [3.05, 3.63) is 17.5 Å². The van der Waals surface area contributed by atoms with E-state index < -0.39 is 5.91 Å². The number of nitrogens with one attached hydrogen (secondary N) is 1. The first-order valence-electron chi connectivity index (χ1n) is 2.44. The van der Waals surface area contributed by atoms with Crippen molar-refractivity contribution < 1.29 is 25.9 Å². The molecule has 1 amide bonds. The van der Waals surface area contributed by atoms with E-state index in [0.29, 0.717) is 5.56 Å². The van der Waals surface area contributed by atoms with Gasteiger partial charge < -0.3 is 10.8 Å². The van der Waals surface area contributed by atoms with E-state index in [-0.39, 0.29) is 26.8 Å². The zero-order valence-corrected chi connectivity index (χ0v) is 8.27. The van der Waals surface area contributed by atoms with Crippen LogP contribution in [0.25, 0.3) is 0 Å². The summed E-state index contributed by atoms with van der Waals surface area (Å²) < 4.78 is 0. The van der Waals surface area contributed by atoms with Crippen molar-refractivity contribution in [3.8, 4) is 0 Å². The number of carbonyl (C=O) groups excluding carboxylic acids is 1. The summed E-state index contributed by atoms with van der Waals surface area (Å²) in [7, 11) is 0. The molecule has 1 aromatic rings. The standard InChI is InChI=1S/C5H6N3O.W/c1-3-2-7-8-4(3)5(6)9;/h1H3,(H2,6,9)(H,7,8);/q-1;. The molecule has 1 aromatic heterocycles. The van der Waals surface area contributed by atoms with Crippen LogP contribution in [0.5, 0.6) is 0 Å². The van der Waals surface area contributed by atoms with Crippen LogP contribution < -0.4 is 5.73 Å². The van der Waals surface area contributed by atoms with Gasteiger partial charge in [0.1, 0.15) is 0 Å². The van der Waals surface area contributed by atoms with Crippen LogP contribution >= 0.6 is 0 Å². The summed E-state index contributed by atoms with van der Waals surface area (Å²) >= 11 is 0. The SMILES string of the molecule is Cc1[c-][nH]nc1C(N)=O.[W]. The molecular weight excluding hydrogens is 302 g/mol. The molecule has 10 heavy (non-hydrogen) atoms. The van der Waals surface area contributed by atoms with Gasteiger partial charge in [-0.1, -0.05) is 6.92 Å². The minimum Gasteiger partial charge on any atom is -0.389 e. The predicted octanol–water partition coefficient (Wildman–Crippen LogP) is -0.385. The molecule has 0 unspecified atom stereocenters. The van der Waals surface area contributed by atoms with Crippen LogP contribution in [0.15, 0.2) is 0 Å². The van der Waals surface area contributed by atoms with Crippen molar-refractivity contribution >= 4 is 5.91 Å². The molecule has 0 radical (unpaired) electrons. The smallest absolute Gasteiger partial charge is 0.186 e. The topological polar surface area (TPSA) is 71.8 Å². The first-order valence-corrected chi connectivity index (χ1v) is 2.44. The largest absolute Gasteiger partial charge is 0.389 e. The van der Waals surface area contributed by atoms with Gasteiger partial charge in [-0.25, -0.2) is 0 Å². The van der Waals surface area contributed by atoms with Gasteiger partial charge in [-0.3, -0.25) is 9.89 Å². The molecule has 1 rings (SSSR count). The van der Waals surface area contributed by atoms with Crippen LogP contribution in [0.1, 0.15) is 16.1 Å². The molecule has 0 bridgehead atoms. The van der Waals surface area contributed by atoms with Gasteiger partial charge in [-0.15, -0.1) is 6.20 Å². The molecule has 1 heterocycles. The Labute approximate surface area is 72.4 Å². The summed E-state index contributed by atoms with van der Waals surface area (Å²) in [5.74, 6) is -0.523. The van der Waals surface area contributed by atoms with Gasteiger partial charge in [0.15, 0.2) is 5.91 Å². The molecule has 0 aliphatic heterocycles. The molecule has 0 aliphatic rings. The van der Waals surface area contributed by atoms with Gasteiger partial charge in [-0.2, -0.15) is 5.56 Å². The van der Waals surface area contributed by atoms with E-state index in [1.807, 2.05) is 0 Å². The molecule has 0 saturated heterocycles. The number of carbonyl (C=O) groups is 1. The third-order valence-electron chi connectivity index (χ3n) is 1.000. The predicted molar refractivity (Wildman–Crippen MR) is 30.7 cm³/mol. The monoisotopic (exact) mass is 308 g/mol. The minimum atomic E-state index is -0.523. The van der Waals surface area contributed by atoms with Crippen LogP contribution in [0, 0.1) is 13.1 Å². The Balaban J connectivity index is 0.000000810. The second kappa shape index (κ2) is 3.52. The maximum Gasteiger partial charge on any atom is 0.186 e. The fourth-order valence-corrected chi connectivity index (χ4v) is 0.551. The van der Waals surface area contributed by atoms with Crippen LogP contribution in [0.3, 0.4) is 0 Å². The first-order chi connectivity index (χ1) is 4.22. The summed E-state index contributed by atoms with van der Waals surface area (Å²) in [6.07, 6.45) is 2.61. The summed E-state index contributed by atoms with van der Waals surface area (Å²) in [5, 5.41) is 5.96. The van der Waals surface area contributed by atoms with E-state index >= 15 is 0 Å². The van der Waals surface area contributed by atoms with Crippen LogP contribution in [0.2, 0.25) is 0 Å². The number of hydrogen-bond acceptors (Lipinski definition) is 2. The van der Waals surface area contributed by atoms with Crippen molar-refractivity contribution in [1.82, 2.24) is 10.2 Å². The van der Waals surface area contributed by atoms with Gasteiger partial charge >= 0.3 is 0 Å². The summed E-state index contributed by atoms with van der Waals surface area (Å²) in [6.45, 7) is 1.71. The number of rotatable bonds is 1. The fraction of sp³-hybridized carbons (Fsp3) is 0.200. The summed E-state index contributed by atoms with van der Waals surface area (Å²) in [4.78, 5) is 10.4. The average Bonchev–Trinajstić information content (AvgIpc) is 2.13. The Kier molecular flexibility index (Phi) is 3.29. The van der Waals surface area contributed by atoms with Crippen molar-refractivity contribution in [2.75, 3.05) is 0 Å². The third kappa shape index (κ3) is 1.67. The number of primary amides is 1. The Morgan fingerprint density at radius 1 is 1.80 bits per heavy atom. The average molecular weight is 308 g/mol. The minimum absolute atomic E-state index is 0. The second-order valence-electron chi connectivity index (χ2n) is 1.69. The number of nitrogens with two attached hydrogens (primary N) is 1. The molecule has 0 atom stereocenters. The Hall–Kier alpha value is -0.632. The van der Waals surface area contributed by atoms with E-state index in [2.05, 4.69) is 16.4 Å². The molecule has 0 aromatic carbocycles. The molecule has 0 spiro atoms. The Morgan fingerprint density at radius 2 is 2.40 bits per heavy atom. The molecule has 0 fully saturated rings. The molecule has 0 aliphatic carbocycles. The van der Waals surface area contributed by atoms with Crippen molar-refractivity contribution in [1.29, 1.82) is 0 Å². The number of aromatic amines is 1. The van der Waals surface area contributed by atoms with E-state index in [1.165, 1.54) is 0 Å². The van der Waals surface area contributed by atoms with Crippen molar-refractivity contribution in [3.63, 3.8) is 0 Å². The summed E-state index contributed by atoms with van der Waals surface area (Å²) in [6, 6.07) is 0. The number of hydrogen-bond donors (Lipinski definition) is 2. The van der Waals surface area contributed by atoms with E-state index in [0.717, 1.165) is 0 Å². The van der Waals surface area contributed by atoms with Gasteiger partial charge in [0.05, 0.1) is 0 Å². The Morgan fingerprint density at radius 3 is 2.60 bits per heavy atom. The van der Waals surface area contributed by atoms with Crippen LogP contribution in [-0.4, -0.2) is 16.1 Å². The molecule has 0 saturated carbocycles. The molecule has 4 nitrogen and oxygen atoms in total. The van der Waals surface area contributed by atoms with Crippen LogP contribution in [0.4, 0.5) is 0 Å². The number of amides is 1. The zero-order valence-electron chi connectivity index (χ0n) is 5.34. The molecule has 54 valence electrons. The van der Waals surface area contributed by atoms with Gasteiger partial charge in [0.25, 0.3) is 0 Å². The fourth-order valence-electron chi connectivity index (χ4n) is 0.551. The molecule has 3 N–H and O–H groups in total. The quantitative estimate of drug-likeness (QED) is 0.694. The normalized spacial score (nSPS) is 8.50. The Bertz CT molecular complexity index is 233. The van der Waals surface area contributed by atoms with Gasteiger partial charge in [-0.05, 0) is 5.69 Å². The third-order valence-corrected chi connectivity index (χ3v) is 1.000. The first kappa shape index (κ1) is 9.37. The maximum absolute atomic E-state index is 10.4. The molecular formula is C5H6N3OW-. The number of aromatic nitrogens is 2. The van der Waals surface area contributed by atoms with E-state index in [9.17, 15) is 4.79 Å². The van der Waals surface area contributed by atoms with Crippen molar-refractivity contribution in [2.45, 2.75) is 6.92 Å².